The van der Waals surface area contributed by atoms with Gasteiger partial charge in [0.25, 0.3) is 10.0 Å². The zero-order valence-electron chi connectivity index (χ0n) is 24.1. The summed E-state index contributed by atoms with van der Waals surface area (Å²) >= 11 is 0. The van der Waals surface area contributed by atoms with E-state index in [9.17, 15) is 23.1 Å². The van der Waals surface area contributed by atoms with Crippen molar-refractivity contribution in [2.75, 3.05) is 31.5 Å². The molecule has 2 aliphatic rings. The first-order chi connectivity index (χ1) is 19.6. The van der Waals surface area contributed by atoms with E-state index in [-0.39, 0.29) is 48.4 Å². The molecule has 3 atom stereocenters. The third kappa shape index (κ3) is 7.91. The van der Waals surface area contributed by atoms with Crippen LogP contribution in [0.2, 0.25) is 0 Å². The number of fused-ring (bicyclic) bond motifs is 1. The van der Waals surface area contributed by atoms with Crippen LogP contribution in [-0.2, 0) is 21.2 Å². The zero-order chi connectivity index (χ0) is 29.6. The highest BCUT2D eigenvalue weighted by Gasteiger charge is 2.32. The molecular formula is C30H42N4O6S. The fraction of sp³-hybridized carbons (Fsp3) is 0.533. The number of carbonyl (C=O) groups excluding carboxylic acids is 2. The second-order valence-electron chi connectivity index (χ2n) is 11.3. The molecule has 10 nitrogen and oxygen atoms in total. The van der Waals surface area contributed by atoms with Crippen LogP contribution >= 0.6 is 0 Å². The molecule has 2 aromatic carbocycles. The maximum absolute atomic E-state index is 13.5. The van der Waals surface area contributed by atoms with Crippen molar-refractivity contribution in [1.82, 2.24) is 15.1 Å². The quantitative estimate of drug-likeness (QED) is 0.434. The smallest absolute Gasteiger partial charge is 0.317 e. The summed E-state index contributed by atoms with van der Waals surface area (Å²) in [5, 5.41) is 13.0. The molecule has 224 valence electrons. The number of nitrogens with one attached hydrogen (secondary N) is 2. The maximum Gasteiger partial charge on any atom is 0.317 e. The lowest BCUT2D eigenvalue weighted by atomic mass is 9.96. The highest BCUT2D eigenvalue weighted by molar-refractivity contribution is 7.92. The van der Waals surface area contributed by atoms with E-state index >= 15 is 0 Å². The van der Waals surface area contributed by atoms with Gasteiger partial charge in [-0.2, -0.15) is 0 Å². The average Bonchev–Trinajstić information content (AvgIpc) is 3.01. The number of aliphatic hydroxyl groups is 1. The Labute approximate surface area is 243 Å². The molecule has 0 spiro atoms. The summed E-state index contributed by atoms with van der Waals surface area (Å²) in [6, 6.07) is 12.5. The summed E-state index contributed by atoms with van der Waals surface area (Å²) in [6.07, 6.45) is 4.91. The molecule has 0 radical (unpaired) electrons. The van der Waals surface area contributed by atoms with Gasteiger partial charge in [-0.1, -0.05) is 44.4 Å². The molecule has 1 aliphatic carbocycles. The Hall–Kier alpha value is -3.31. The van der Waals surface area contributed by atoms with Crippen LogP contribution in [-0.4, -0.2) is 80.2 Å². The SMILES string of the molecule is C[C@H](CO)N1C[C@H](C)[C@@H](CN(C)C(=O)NC2CCCCC2)Oc2ccc(NS(=O)(=O)c3ccccc3)cc2CC1=O. The Bertz CT molecular complexity index is 1300. The minimum atomic E-state index is -3.83. The van der Waals surface area contributed by atoms with Crippen molar-refractivity contribution in [3.8, 4) is 5.75 Å². The van der Waals surface area contributed by atoms with E-state index in [1.54, 1.807) is 60.2 Å². The number of rotatable bonds is 8. The van der Waals surface area contributed by atoms with Crippen LogP contribution in [0.4, 0.5) is 10.5 Å². The Morgan fingerprint density at radius 1 is 1.15 bits per heavy atom. The number of amides is 3. The first-order valence-corrected chi connectivity index (χ1v) is 15.8. The molecule has 3 amide bonds. The second kappa shape index (κ2) is 13.6. The lowest BCUT2D eigenvalue weighted by molar-refractivity contribution is -0.134. The predicted molar refractivity (Wildman–Crippen MR) is 157 cm³/mol. The summed E-state index contributed by atoms with van der Waals surface area (Å²) in [6.45, 7) is 4.18. The third-order valence-electron chi connectivity index (χ3n) is 7.96. The van der Waals surface area contributed by atoms with Gasteiger partial charge in [-0.3, -0.25) is 9.52 Å². The lowest BCUT2D eigenvalue weighted by Gasteiger charge is -2.34. The molecule has 0 unspecified atom stereocenters. The number of hydrogen-bond donors (Lipinski definition) is 3. The van der Waals surface area contributed by atoms with Gasteiger partial charge in [0.2, 0.25) is 5.91 Å². The number of nitrogens with zero attached hydrogens (tertiary/aromatic N) is 2. The van der Waals surface area contributed by atoms with Crippen molar-refractivity contribution in [2.45, 2.75) is 75.5 Å². The van der Waals surface area contributed by atoms with Gasteiger partial charge in [0.15, 0.2) is 0 Å². The molecule has 1 fully saturated rings. The van der Waals surface area contributed by atoms with Crippen molar-refractivity contribution in [2.24, 2.45) is 5.92 Å². The number of urea groups is 1. The molecule has 0 aromatic heterocycles. The van der Waals surface area contributed by atoms with Crippen LogP contribution in [0.15, 0.2) is 53.4 Å². The molecule has 1 heterocycles. The largest absolute Gasteiger partial charge is 0.488 e. The first kappa shape index (κ1) is 30.6. The van der Waals surface area contributed by atoms with E-state index in [2.05, 4.69) is 10.0 Å². The van der Waals surface area contributed by atoms with Gasteiger partial charge >= 0.3 is 6.03 Å². The predicted octanol–water partition coefficient (Wildman–Crippen LogP) is 3.61. The van der Waals surface area contributed by atoms with E-state index in [1.807, 2.05) is 6.92 Å². The number of anilines is 1. The van der Waals surface area contributed by atoms with E-state index in [4.69, 9.17) is 4.74 Å². The molecule has 1 saturated carbocycles. The minimum absolute atomic E-state index is 0.0297. The molecule has 2 aromatic rings. The van der Waals surface area contributed by atoms with Crippen molar-refractivity contribution in [3.63, 3.8) is 0 Å². The summed E-state index contributed by atoms with van der Waals surface area (Å²) in [5.41, 5.74) is 0.824. The average molecular weight is 587 g/mol. The minimum Gasteiger partial charge on any atom is -0.488 e. The first-order valence-electron chi connectivity index (χ1n) is 14.4. The van der Waals surface area contributed by atoms with Crippen LogP contribution in [0.25, 0.3) is 0 Å². The second-order valence-corrected chi connectivity index (χ2v) is 13.0. The molecule has 11 heteroatoms. The lowest BCUT2D eigenvalue weighted by Crippen LogP contribution is -2.50. The molecule has 0 saturated heterocycles. The van der Waals surface area contributed by atoms with Crippen LogP contribution in [0.3, 0.4) is 0 Å². The Morgan fingerprint density at radius 3 is 2.54 bits per heavy atom. The van der Waals surface area contributed by atoms with Gasteiger partial charge in [-0.25, -0.2) is 13.2 Å². The normalized spacial score (nSPS) is 21.0. The topological polar surface area (TPSA) is 128 Å². The molecule has 1 aliphatic heterocycles. The van der Waals surface area contributed by atoms with E-state index in [1.165, 1.54) is 18.6 Å². The number of hydrogen-bond acceptors (Lipinski definition) is 6. The highest BCUT2D eigenvalue weighted by atomic mass is 32.2. The van der Waals surface area contributed by atoms with Gasteiger partial charge in [0.05, 0.1) is 30.5 Å². The standard InChI is InChI=1S/C30H42N4O6S/c1-21-18-34(22(2)20-35)29(36)17-23-16-25(32-41(38,39)26-12-8-5-9-13-26)14-15-27(23)40-28(21)19-33(3)30(37)31-24-10-6-4-7-11-24/h5,8-9,12-16,21-22,24,28,32,35H,4,6-7,10-11,17-20H2,1-3H3,(H,31,37)/t21-,22+,28+/m0/s1. The van der Waals surface area contributed by atoms with Gasteiger partial charge in [0.1, 0.15) is 11.9 Å². The third-order valence-corrected chi connectivity index (χ3v) is 9.35. The molecule has 3 N–H and O–H groups in total. The molecule has 41 heavy (non-hydrogen) atoms. The molecule has 0 bridgehead atoms. The number of carbonyl (C=O) groups is 2. The fourth-order valence-electron chi connectivity index (χ4n) is 5.41. The Balaban J connectivity index is 1.59. The van der Waals surface area contributed by atoms with Gasteiger partial charge < -0.3 is 25.0 Å². The van der Waals surface area contributed by atoms with Crippen LogP contribution in [0.5, 0.6) is 5.75 Å². The van der Waals surface area contributed by atoms with Crippen molar-refractivity contribution in [3.05, 3.63) is 54.1 Å². The van der Waals surface area contributed by atoms with Crippen molar-refractivity contribution >= 4 is 27.6 Å². The van der Waals surface area contributed by atoms with E-state index < -0.39 is 22.2 Å². The van der Waals surface area contributed by atoms with Crippen molar-refractivity contribution < 1.29 is 27.9 Å². The van der Waals surface area contributed by atoms with Crippen LogP contribution < -0.4 is 14.8 Å². The monoisotopic (exact) mass is 586 g/mol. The number of aliphatic hydroxyl groups excluding tert-OH is 1. The van der Waals surface area contributed by atoms with Gasteiger partial charge in [-0.05, 0) is 50.1 Å². The number of likely N-dealkylation sites (N-methyl/N-ethyl adjacent to an activating group) is 1. The summed E-state index contributed by atoms with van der Waals surface area (Å²) in [7, 11) is -2.09. The fourth-order valence-corrected chi connectivity index (χ4v) is 6.48. The van der Waals surface area contributed by atoms with Gasteiger partial charge in [-0.15, -0.1) is 0 Å². The highest BCUT2D eigenvalue weighted by Crippen LogP contribution is 2.30. The van der Waals surface area contributed by atoms with E-state index in [0.29, 0.717) is 23.5 Å². The number of benzene rings is 2. The Kier molecular flexibility index (Phi) is 10.1. The Morgan fingerprint density at radius 2 is 1.85 bits per heavy atom. The molecule has 4 rings (SSSR count). The zero-order valence-corrected chi connectivity index (χ0v) is 24.9. The number of ether oxygens (including phenoxy) is 1. The van der Waals surface area contributed by atoms with Crippen molar-refractivity contribution in [1.29, 1.82) is 0 Å². The summed E-state index contributed by atoms with van der Waals surface area (Å²) in [4.78, 5) is 29.9. The number of sulfonamides is 1. The van der Waals surface area contributed by atoms with Crippen LogP contribution in [0.1, 0.15) is 51.5 Å². The molecular weight excluding hydrogens is 544 g/mol. The summed E-state index contributed by atoms with van der Waals surface area (Å²) < 4.78 is 34.9. The van der Waals surface area contributed by atoms with E-state index in [0.717, 1.165) is 25.7 Å². The van der Waals surface area contributed by atoms with Gasteiger partial charge in [0, 0.05) is 36.8 Å². The maximum atomic E-state index is 13.5. The van der Waals surface area contributed by atoms with Crippen LogP contribution in [0, 0.1) is 5.92 Å². The summed E-state index contributed by atoms with van der Waals surface area (Å²) in [5.74, 6) is 0.0907.